The Morgan fingerprint density at radius 3 is 2.73 bits per heavy atom. The van der Waals surface area contributed by atoms with Crippen LogP contribution < -0.4 is 10.6 Å². The van der Waals surface area contributed by atoms with Gasteiger partial charge in [0.15, 0.2) is 5.17 Å². The number of amides is 2. The fourth-order valence-electron chi connectivity index (χ4n) is 2.95. The lowest BCUT2D eigenvalue weighted by Gasteiger charge is -2.10. The number of nitrogens with zero attached hydrogens (tertiary/aromatic N) is 1. The Morgan fingerprint density at radius 2 is 2.04 bits per heavy atom. The second kappa shape index (κ2) is 7.69. The zero-order valence-electron chi connectivity index (χ0n) is 13.8. The monoisotopic (exact) mass is 385 g/mol. The highest BCUT2D eigenvalue weighted by Crippen LogP contribution is 2.31. The Hall–Kier alpha value is -2.03. The number of carbonyl (C=O) groups is 2. The minimum Gasteiger partial charge on any atom is -0.326 e. The Kier molecular flexibility index (Phi) is 5.55. The minimum atomic E-state index is -4.48. The minimum absolute atomic E-state index is 0.0491. The highest BCUT2D eigenvalue weighted by Gasteiger charge is 2.33. The zero-order chi connectivity index (χ0) is 18.7. The molecule has 1 unspecified atom stereocenters. The van der Waals surface area contributed by atoms with E-state index in [2.05, 4.69) is 15.6 Å². The van der Waals surface area contributed by atoms with E-state index in [9.17, 15) is 22.8 Å². The number of benzene rings is 1. The Balaban J connectivity index is 1.57. The van der Waals surface area contributed by atoms with E-state index in [1.54, 1.807) is 0 Å². The highest BCUT2D eigenvalue weighted by atomic mass is 32.2. The van der Waals surface area contributed by atoms with Crippen molar-refractivity contribution >= 4 is 34.4 Å². The maximum atomic E-state index is 12.7. The molecule has 0 bridgehead atoms. The molecule has 1 aromatic rings. The summed E-state index contributed by atoms with van der Waals surface area (Å²) < 4.78 is 38.1. The van der Waals surface area contributed by atoms with Crippen LogP contribution in [0.2, 0.25) is 0 Å². The molecule has 5 nitrogen and oxygen atoms in total. The number of thioether (sulfide) groups is 1. The molecular formula is C17H18F3N3O2S. The number of aliphatic imine (C=N–C) groups is 1. The second-order valence-corrected chi connectivity index (χ2v) is 7.49. The quantitative estimate of drug-likeness (QED) is 0.833. The van der Waals surface area contributed by atoms with E-state index in [0.29, 0.717) is 5.17 Å². The maximum absolute atomic E-state index is 12.7. The van der Waals surface area contributed by atoms with E-state index in [1.807, 2.05) is 0 Å². The van der Waals surface area contributed by atoms with Gasteiger partial charge in [0.1, 0.15) is 5.25 Å². The lowest BCUT2D eigenvalue weighted by atomic mass is 10.2. The molecule has 0 aromatic heterocycles. The fraction of sp³-hybridized carbons (Fsp3) is 0.471. The van der Waals surface area contributed by atoms with Gasteiger partial charge in [-0.2, -0.15) is 13.2 Å². The van der Waals surface area contributed by atoms with E-state index < -0.39 is 22.9 Å². The van der Waals surface area contributed by atoms with E-state index in [1.165, 1.54) is 23.9 Å². The normalized spacial score (nSPS) is 22.7. The van der Waals surface area contributed by atoms with E-state index >= 15 is 0 Å². The molecule has 1 heterocycles. The van der Waals surface area contributed by atoms with Gasteiger partial charge in [-0.3, -0.25) is 14.6 Å². The van der Waals surface area contributed by atoms with E-state index in [0.717, 1.165) is 37.8 Å². The van der Waals surface area contributed by atoms with Gasteiger partial charge in [-0.15, -0.1) is 0 Å². The van der Waals surface area contributed by atoms with Crippen LogP contribution in [0.25, 0.3) is 0 Å². The average Bonchev–Trinajstić information content (AvgIpc) is 3.17. The van der Waals surface area contributed by atoms with Crippen molar-refractivity contribution in [1.82, 2.24) is 5.32 Å². The number of halogens is 3. The van der Waals surface area contributed by atoms with Crippen molar-refractivity contribution in [3.05, 3.63) is 29.8 Å². The van der Waals surface area contributed by atoms with Crippen LogP contribution >= 0.6 is 11.8 Å². The van der Waals surface area contributed by atoms with Crippen molar-refractivity contribution in [1.29, 1.82) is 0 Å². The van der Waals surface area contributed by atoms with Crippen LogP contribution in [0.3, 0.4) is 0 Å². The second-order valence-electron chi connectivity index (χ2n) is 6.30. The summed E-state index contributed by atoms with van der Waals surface area (Å²) in [5, 5.41) is 4.99. The number of hydrogen-bond donors (Lipinski definition) is 2. The molecule has 2 amide bonds. The van der Waals surface area contributed by atoms with Crippen molar-refractivity contribution in [2.75, 3.05) is 5.32 Å². The summed E-state index contributed by atoms with van der Waals surface area (Å²) in [5.41, 5.74) is -0.789. The molecule has 1 saturated heterocycles. The third kappa shape index (κ3) is 4.78. The number of alkyl halides is 3. The molecule has 2 aliphatic rings. The van der Waals surface area contributed by atoms with Crippen LogP contribution in [-0.4, -0.2) is 28.3 Å². The summed E-state index contributed by atoms with van der Waals surface area (Å²) in [6, 6.07) is 4.62. The molecule has 1 aromatic carbocycles. The third-order valence-electron chi connectivity index (χ3n) is 4.25. The summed E-state index contributed by atoms with van der Waals surface area (Å²) in [6.45, 7) is 0. The van der Waals surface area contributed by atoms with E-state index in [-0.39, 0.29) is 24.1 Å². The SMILES string of the molecule is O=C(CC1SC(=NC2CCCC2)NC1=O)Nc1cccc(C(F)(F)F)c1. The van der Waals surface area contributed by atoms with Gasteiger partial charge in [-0.1, -0.05) is 30.7 Å². The Labute approximate surface area is 152 Å². The van der Waals surface area contributed by atoms with Gasteiger partial charge in [-0.05, 0) is 31.0 Å². The van der Waals surface area contributed by atoms with Crippen LogP contribution in [0.5, 0.6) is 0 Å². The summed E-state index contributed by atoms with van der Waals surface area (Å²) in [5.74, 6) is -0.815. The first-order valence-corrected chi connectivity index (χ1v) is 9.21. The Morgan fingerprint density at radius 1 is 1.31 bits per heavy atom. The zero-order valence-corrected chi connectivity index (χ0v) is 14.6. The molecule has 140 valence electrons. The molecule has 2 fully saturated rings. The first-order valence-electron chi connectivity index (χ1n) is 8.34. The molecule has 3 rings (SSSR count). The molecule has 0 radical (unpaired) electrons. The first kappa shape index (κ1) is 18.8. The smallest absolute Gasteiger partial charge is 0.326 e. The maximum Gasteiger partial charge on any atom is 0.416 e. The summed E-state index contributed by atoms with van der Waals surface area (Å²) in [6.07, 6.45) is -0.350. The summed E-state index contributed by atoms with van der Waals surface area (Å²) in [4.78, 5) is 28.6. The highest BCUT2D eigenvalue weighted by molar-refractivity contribution is 8.15. The molecule has 26 heavy (non-hydrogen) atoms. The van der Waals surface area contributed by atoms with Gasteiger partial charge in [0.2, 0.25) is 11.8 Å². The van der Waals surface area contributed by atoms with Gasteiger partial charge in [0.05, 0.1) is 11.6 Å². The van der Waals surface area contributed by atoms with Crippen molar-refractivity contribution < 1.29 is 22.8 Å². The predicted molar refractivity (Wildman–Crippen MR) is 93.9 cm³/mol. The molecule has 1 aliphatic carbocycles. The van der Waals surface area contributed by atoms with Crippen molar-refractivity contribution in [2.24, 2.45) is 4.99 Å². The molecule has 1 saturated carbocycles. The Bertz CT molecular complexity index is 730. The van der Waals surface area contributed by atoms with Crippen LogP contribution in [0.1, 0.15) is 37.7 Å². The summed E-state index contributed by atoms with van der Waals surface area (Å²) in [7, 11) is 0. The third-order valence-corrected chi connectivity index (χ3v) is 5.34. The average molecular weight is 385 g/mol. The van der Waals surface area contributed by atoms with Gasteiger partial charge < -0.3 is 10.6 Å². The van der Waals surface area contributed by atoms with Crippen LogP contribution in [-0.2, 0) is 15.8 Å². The summed E-state index contributed by atoms with van der Waals surface area (Å²) >= 11 is 1.20. The molecular weight excluding hydrogens is 367 g/mol. The topological polar surface area (TPSA) is 70.6 Å². The number of anilines is 1. The molecule has 0 spiro atoms. The number of nitrogens with one attached hydrogen (secondary N) is 2. The largest absolute Gasteiger partial charge is 0.416 e. The lowest BCUT2D eigenvalue weighted by Crippen LogP contribution is -2.28. The van der Waals surface area contributed by atoms with Crippen LogP contribution in [0.4, 0.5) is 18.9 Å². The number of rotatable bonds is 4. The molecule has 1 aliphatic heterocycles. The predicted octanol–water partition coefficient (Wildman–Crippen LogP) is 3.56. The van der Waals surface area contributed by atoms with Gasteiger partial charge in [-0.25, -0.2) is 0 Å². The van der Waals surface area contributed by atoms with Crippen LogP contribution in [0.15, 0.2) is 29.3 Å². The van der Waals surface area contributed by atoms with Crippen LogP contribution in [0, 0.1) is 0 Å². The van der Waals surface area contributed by atoms with Gasteiger partial charge >= 0.3 is 6.18 Å². The number of carbonyl (C=O) groups excluding carboxylic acids is 2. The van der Waals surface area contributed by atoms with Gasteiger partial charge in [0, 0.05) is 12.1 Å². The molecule has 1 atom stereocenters. The van der Waals surface area contributed by atoms with Crippen molar-refractivity contribution in [3.63, 3.8) is 0 Å². The van der Waals surface area contributed by atoms with Crippen molar-refractivity contribution in [3.8, 4) is 0 Å². The van der Waals surface area contributed by atoms with Gasteiger partial charge in [0.25, 0.3) is 0 Å². The number of hydrogen-bond acceptors (Lipinski definition) is 4. The molecule has 9 heteroatoms. The lowest BCUT2D eigenvalue weighted by molar-refractivity contribution is -0.137. The standard InChI is InChI=1S/C17H18F3N3O2S/c18-17(19,20)10-4-3-7-12(8-10)21-14(24)9-13-15(25)23-16(26-13)22-11-5-1-2-6-11/h3-4,7-8,11,13H,1-2,5-6,9H2,(H,21,24)(H,22,23,25). The first-order chi connectivity index (χ1) is 12.3. The van der Waals surface area contributed by atoms with Crippen molar-refractivity contribution in [2.45, 2.75) is 49.6 Å². The fourth-order valence-corrected chi connectivity index (χ4v) is 3.99. The number of amidine groups is 1. The van der Waals surface area contributed by atoms with E-state index in [4.69, 9.17) is 0 Å². The molecule has 2 N–H and O–H groups in total.